The molecule has 0 bridgehead atoms. The minimum absolute atomic E-state index is 0.337. The van der Waals surface area contributed by atoms with Crippen LogP contribution in [0, 0.1) is 0 Å². The minimum Gasteiger partial charge on any atom is -0.366 e. The molecule has 1 aliphatic rings. The van der Waals surface area contributed by atoms with E-state index >= 15 is 0 Å². The van der Waals surface area contributed by atoms with Gasteiger partial charge >= 0.3 is 0 Å². The van der Waals surface area contributed by atoms with Crippen molar-refractivity contribution < 1.29 is 4.79 Å². The number of nitrogens with one attached hydrogen (secondary N) is 1. The fourth-order valence-corrected chi connectivity index (χ4v) is 3.68. The molecule has 0 aromatic carbocycles. The van der Waals surface area contributed by atoms with Crippen molar-refractivity contribution in [2.75, 3.05) is 11.5 Å². The molecule has 0 atom stereocenters. The number of nitrogens with two attached hydrogens (primary N) is 1. The fraction of sp³-hybridized carbons (Fsp3) is 0.545. The van der Waals surface area contributed by atoms with E-state index in [0.29, 0.717) is 11.6 Å². The van der Waals surface area contributed by atoms with Gasteiger partial charge in [-0.25, -0.2) is 0 Å². The molecule has 0 aliphatic carbocycles. The lowest BCUT2D eigenvalue weighted by molar-refractivity contribution is 0.100. The molecule has 0 spiro atoms. The standard InChI is InChI=1S/C11H16N2OS2/c12-11(14)8-5-10(16-7-8)6-13-9-1-3-15-4-2-9/h5,7,9,13H,1-4,6H2,(H2,12,14). The molecule has 1 aromatic rings. The zero-order chi connectivity index (χ0) is 11.4. The van der Waals surface area contributed by atoms with Crippen molar-refractivity contribution >= 4 is 29.0 Å². The highest BCUT2D eigenvalue weighted by Crippen LogP contribution is 2.19. The van der Waals surface area contributed by atoms with Gasteiger partial charge in [-0.05, 0) is 30.4 Å². The lowest BCUT2D eigenvalue weighted by Gasteiger charge is -2.22. The number of amides is 1. The van der Waals surface area contributed by atoms with Crippen LogP contribution >= 0.6 is 23.1 Å². The van der Waals surface area contributed by atoms with Gasteiger partial charge in [0.05, 0.1) is 5.56 Å². The Kier molecular flexibility index (Phi) is 4.26. The molecule has 1 amide bonds. The van der Waals surface area contributed by atoms with Gasteiger partial charge in [-0.1, -0.05) is 0 Å². The monoisotopic (exact) mass is 256 g/mol. The van der Waals surface area contributed by atoms with Gasteiger partial charge in [0.1, 0.15) is 0 Å². The summed E-state index contributed by atoms with van der Waals surface area (Å²) in [6, 6.07) is 2.53. The molecule has 0 radical (unpaired) electrons. The van der Waals surface area contributed by atoms with E-state index in [2.05, 4.69) is 5.32 Å². The highest BCUT2D eigenvalue weighted by Gasteiger charge is 2.13. The largest absolute Gasteiger partial charge is 0.366 e. The second-order valence-corrected chi connectivity index (χ2v) is 6.15. The Morgan fingerprint density at radius 3 is 2.88 bits per heavy atom. The first kappa shape index (κ1) is 12.0. The van der Waals surface area contributed by atoms with Crippen molar-refractivity contribution in [3.05, 3.63) is 21.9 Å². The molecule has 3 N–H and O–H groups in total. The molecule has 1 aliphatic heterocycles. The Labute approximate surface area is 104 Å². The Bertz CT molecular complexity index is 359. The molecule has 3 nitrogen and oxygen atoms in total. The Morgan fingerprint density at radius 1 is 1.50 bits per heavy atom. The Morgan fingerprint density at radius 2 is 2.25 bits per heavy atom. The molecule has 2 rings (SSSR count). The van der Waals surface area contributed by atoms with Gasteiger partial charge in [-0.15, -0.1) is 11.3 Å². The smallest absolute Gasteiger partial charge is 0.249 e. The van der Waals surface area contributed by atoms with Crippen molar-refractivity contribution in [1.82, 2.24) is 5.32 Å². The molecule has 0 unspecified atom stereocenters. The van der Waals surface area contributed by atoms with Crippen LogP contribution in [0.25, 0.3) is 0 Å². The molecular weight excluding hydrogens is 240 g/mol. The maximum atomic E-state index is 10.9. The third-order valence-corrected chi connectivity index (χ3v) is 4.71. The highest BCUT2D eigenvalue weighted by molar-refractivity contribution is 7.99. The van der Waals surface area contributed by atoms with Crippen LogP contribution < -0.4 is 11.1 Å². The SMILES string of the molecule is NC(=O)c1csc(CNC2CCSCC2)c1. The van der Waals surface area contributed by atoms with Crippen molar-refractivity contribution in [2.24, 2.45) is 5.73 Å². The van der Waals surface area contributed by atoms with Gasteiger partial charge < -0.3 is 11.1 Å². The van der Waals surface area contributed by atoms with E-state index in [1.807, 2.05) is 23.2 Å². The van der Waals surface area contributed by atoms with E-state index in [4.69, 9.17) is 5.73 Å². The molecule has 16 heavy (non-hydrogen) atoms. The van der Waals surface area contributed by atoms with Gasteiger partial charge in [0.15, 0.2) is 0 Å². The van der Waals surface area contributed by atoms with Gasteiger partial charge in [-0.2, -0.15) is 11.8 Å². The van der Waals surface area contributed by atoms with E-state index < -0.39 is 0 Å². The molecule has 1 aromatic heterocycles. The summed E-state index contributed by atoms with van der Waals surface area (Å²) in [7, 11) is 0. The van der Waals surface area contributed by atoms with Crippen LogP contribution in [-0.2, 0) is 6.54 Å². The molecule has 0 saturated carbocycles. The maximum absolute atomic E-state index is 10.9. The summed E-state index contributed by atoms with van der Waals surface area (Å²) in [6.45, 7) is 0.854. The number of hydrogen-bond acceptors (Lipinski definition) is 4. The van der Waals surface area contributed by atoms with Crippen molar-refractivity contribution in [1.29, 1.82) is 0 Å². The lowest BCUT2D eigenvalue weighted by atomic mass is 10.1. The van der Waals surface area contributed by atoms with E-state index in [0.717, 1.165) is 6.54 Å². The summed E-state index contributed by atoms with van der Waals surface area (Å²) in [6.07, 6.45) is 2.50. The molecule has 5 heteroatoms. The second-order valence-electron chi connectivity index (χ2n) is 3.93. The molecular formula is C11H16N2OS2. The average molecular weight is 256 g/mol. The average Bonchev–Trinajstić information content (AvgIpc) is 2.76. The first-order valence-electron chi connectivity index (χ1n) is 5.44. The summed E-state index contributed by atoms with van der Waals surface area (Å²) in [5.41, 5.74) is 5.84. The minimum atomic E-state index is -0.337. The Balaban J connectivity index is 1.81. The van der Waals surface area contributed by atoms with Gasteiger partial charge in [0.25, 0.3) is 0 Å². The number of thiophene rings is 1. The van der Waals surface area contributed by atoms with Crippen LogP contribution in [0.15, 0.2) is 11.4 Å². The first-order valence-corrected chi connectivity index (χ1v) is 7.47. The number of rotatable bonds is 4. The predicted octanol–water partition coefficient (Wildman–Crippen LogP) is 1.83. The van der Waals surface area contributed by atoms with Crippen LogP contribution in [0.4, 0.5) is 0 Å². The number of carbonyl (C=O) groups excluding carboxylic acids is 1. The lowest BCUT2D eigenvalue weighted by Crippen LogP contribution is -2.31. The summed E-state index contributed by atoms with van der Waals surface area (Å²) in [5.74, 6) is 2.18. The van der Waals surface area contributed by atoms with Crippen LogP contribution in [-0.4, -0.2) is 23.5 Å². The third kappa shape index (κ3) is 3.23. The maximum Gasteiger partial charge on any atom is 0.249 e. The van der Waals surface area contributed by atoms with E-state index in [1.165, 1.54) is 29.2 Å². The van der Waals surface area contributed by atoms with Crippen LogP contribution in [0.5, 0.6) is 0 Å². The van der Waals surface area contributed by atoms with E-state index in [1.54, 1.807) is 11.3 Å². The second kappa shape index (κ2) is 5.70. The number of hydrogen-bond donors (Lipinski definition) is 2. The number of thioether (sulfide) groups is 1. The van der Waals surface area contributed by atoms with Crippen LogP contribution in [0.1, 0.15) is 28.1 Å². The quantitative estimate of drug-likeness (QED) is 0.864. The van der Waals surface area contributed by atoms with Crippen LogP contribution in [0.2, 0.25) is 0 Å². The van der Waals surface area contributed by atoms with Crippen LogP contribution in [0.3, 0.4) is 0 Å². The zero-order valence-corrected chi connectivity index (χ0v) is 10.7. The number of carbonyl (C=O) groups is 1. The van der Waals surface area contributed by atoms with Gasteiger partial charge in [0, 0.05) is 22.8 Å². The summed E-state index contributed by atoms with van der Waals surface area (Å²) in [5, 5.41) is 5.36. The topological polar surface area (TPSA) is 55.1 Å². The predicted molar refractivity (Wildman–Crippen MR) is 70.0 cm³/mol. The van der Waals surface area contributed by atoms with Crippen molar-refractivity contribution in [2.45, 2.75) is 25.4 Å². The number of primary amides is 1. The molecule has 1 fully saturated rings. The Hall–Kier alpha value is -0.520. The fourth-order valence-electron chi connectivity index (χ4n) is 1.75. The zero-order valence-electron chi connectivity index (χ0n) is 9.07. The molecule has 2 heterocycles. The first-order chi connectivity index (χ1) is 7.75. The summed E-state index contributed by atoms with van der Waals surface area (Å²) in [4.78, 5) is 12.1. The van der Waals surface area contributed by atoms with Crippen molar-refractivity contribution in [3.8, 4) is 0 Å². The molecule has 88 valence electrons. The van der Waals surface area contributed by atoms with E-state index in [-0.39, 0.29) is 5.91 Å². The third-order valence-electron chi connectivity index (χ3n) is 2.72. The van der Waals surface area contributed by atoms with Gasteiger partial charge in [0.2, 0.25) is 5.91 Å². The summed E-state index contributed by atoms with van der Waals surface area (Å²) >= 11 is 3.63. The van der Waals surface area contributed by atoms with E-state index in [9.17, 15) is 4.79 Å². The van der Waals surface area contributed by atoms with Gasteiger partial charge in [-0.3, -0.25) is 4.79 Å². The highest BCUT2D eigenvalue weighted by atomic mass is 32.2. The molecule has 1 saturated heterocycles. The normalized spacial score (nSPS) is 17.5. The van der Waals surface area contributed by atoms with Crippen molar-refractivity contribution in [3.63, 3.8) is 0 Å². The summed E-state index contributed by atoms with van der Waals surface area (Å²) < 4.78 is 0.